The largest absolute Gasteiger partial charge is 0.361 e. The molecule has 0 bridgehead atoms. The van der Waals surface area contributed by atoms with Crippen molar-refractivity contribution in [1.82, 2.24) is 15.2 Å². The first-order valence-electron chi connectivity index (χ1n) is 5.13. The Balaban J connectivity index is 2.28. The van der Waals surface area contributed by atoms with Crippen LogP contribution < -0.4 is 5.69 Å². The van der Waals surface area contributed by atoms with Crippen molar-refractivity contribution in [2.45, 2.75) is 44.4 Å². The Kier molecular flexibility index (Phi) is 2.35. The minimum Gasteiger partial charge on any atom is -0.244 e. The molecule has 1 aliphatic carbocycles. The van der Waals surface area contributed by atoms with E-state index in [2.05, 4.69) is 22.1 Å². The van der Waals surface area contributed by atoms with Gasteiger partial charge in [-0.1, -0.05) is 26.2 Å². The molecule has 1 N–H and O–H groups in total. The fraction of sp³-hybridized carbons (Fsp3) is 0.700. The second kappa shape index (κ2) is 3.52. The molecule has 0 spiro atoms. The van der Waals surface area contributed by atoms with Crippen molar-refractivity contribution >= 4 is 0 Å². The van der Waals surface area contributed by atoms with Crippen molar-refractivity contribution in [2.75, 3.05) is 0 Å². The Morgan fingerprint density at radius 2 is 2.07 bits per heavy atom. The standard InChI is InChI=1S/C10H15N3O/c1-10(5-3-2-4-6-10)8-7-11-9(14)13-12-8/h7H,2-6H2,1H3,(H,11,13,14). The first-order chi connectivity index (χ1) is 6.71. The van der Waals surface area contributed by atoms with E-state index in [9.17, 15) is 4.79 Å². The van der Waals surface area contributed by atoms with E-state index < -0.39 is 0 Å². The predicted molar refractivity (Wildman–Crippen MR) is 53.1 cm³/mol. The van der Waals surface area contributed by atoms with E-state index in [1.54, 1.807) is 6.20 Å². The average Bonchev–Trinajstić information content (AvgIpc) is 2.19. The van der Waals surface area contributed by atoms with Gasteiger partial charge in [-0.2, -0.15) is 10.1 Å². The van der Waals surface area contributed by atoms with Crippen LogP contribution in [0.4, 0.5) is 0 Å². The molecule has 1 aromatic heterocycles. The molecule has 1 aromatic rings. The number of aromatic nitrogens is 3. The number of nitrogens with one attached hydrogen (secondary N) is 1. The molecule has 1 fully saturated rings. The molecule has 0 radical (unpaired) electrons. The lowest BCUT2D eigenvalue weighted by Crippen LogP contribution is -2.28. The lowest BCUT2D eigenvalue weighted by atomic mass is 9.74. The second-order valence-corrected chi connectivity index (χ2v) is 4.29. The molecule has 0 amide bonds. The number of H-pyrrole nitrogens is 1. The highest BCUT2D eigenvalue weighted by Gasteiger charge is 2.30. The zero-order valence-electron chi connectivity index (χ0n) is 8.42. The zero-order chi connectivity index (χ0) is 10.0. The van der Waals surface area contributed by atoms with E-state index in [4.69, 9.17) is 0 Å². The van der Waals surface area contributed by atoms with Gasteiger partial charge in [-0.05, 0) is 12.8 Å². The molecular formula is C10H15N3O. The molecule has 0 saturated heterocycles. The molecule has 2 rings (SSSR count). The maximum atomic E-state index is 10.8. The van der Waals surface area contributed by atoms with Crippen LogP contribution in [-0.2, 0) is 5.41 Å². The number of hydrogen-bond acceptors (Lipinski definition) is 3. The summed E-state index contributed by atoms with van der Waals surface area (Å²) in [5.41, 5.74) is 0.681. The van der Waals surface area contributed by atoms with Gasteiger partial charge in [-0.25, -0.2) is 9.89 Å². The van der Waals surface area contributed by atoms with Gasteiger partial charge in [0.05, 0.1) is 11.9 Å². The fourth-order valence-electron chi connectivity index (χ4n) is 2.16. The average molecular weight is 193 g/mol. The first-order valence-corrected chi connectivity index (χ1v) is 5.13. The Labute approximate surface area is 82.8 Å². The normalized spacial score (nSPS) is 20.6. The molecule has 1 aliphatic rings. The van der Waals surface area contributed by atoms with E-state index in [0.29, 0.717) is 0 Å². The van der Waals surface area contributed by atoms with E-state index in [1.165, 1.54) is 19.3 Å². The third-order valence-corrected chi connectivity index (χ3v) is 3.15. The summed E-state index contributed by atoms with van der Waals surface area (Å²) in [6, 6.07) is 0. The number of hydrogen-bond donors (Lipinski definition) is 1. The highest BCUT2D eigenvalue weighted by Crippen LogP contribution is 2.37. The molecule has 4 nitrogen and oxygen atoms in total. The summed E-state index contributed by atoms with van der Waals surface area (Å²) in [6.45, 7) is 2.20. The number of nitrogens with zero attached hydrogens (tertiary/aromatic N) is 2. The maximum Gasteiger partial charge on any atom is 0.361 e. The number of aromatic amines is 1. The topological polar surface area (TPSA) is 58.6 Å². The molecular weight excluding hydrogens is 178 g/mol. The molecule has 0 aliphatic heterocycles. The number of rotatable bonds is 1. The van der Waals surface area contributed by atoms with Crippen molar-refractivity contribution in [3.8, 4) is 0 Å². The van der Waals surface area contributed by atoms with Crippen molar-refractivity contribution in [3.05, 3.63) is 22.4 Å². The lowest BCUT2D eigenvalue weighted by Gasteiger charge is -2.32. The van der Waals surface area contributed by atoms with Crippen LogP contribution >= 0.6 is 0 Å². The minimum atomic E-state index is -0.367. The van der Waals surface area contributed by atoms with Crippen molar-refractivity contribution in [3.63, 3.8) is 0 Å². The molecule has 0 aromatic carbocycles. The molecule has 76 valence electrons. The molecule has 1 saturated carbocycles. The predicted octanol–water partition coefficient (Wildman–Crippen LogP) is 1.39. The summed E-state index contributed by atoms with van der Waals surface area (Å²) < 4.78 is 0. The Hall–Kier alpha value is -1.19. The highest BCUT2D eigenvalue weighted by atomic mass is 16.1. The van der Waals surface area contributed by atoms with Crippen LogP contribution in [0.2, 0.25) is 0 Å². The van der Waals surface area contributed by atoms with Crippen LogP contribution in [0, 0.1) is 0 Å². The van der Waals surface area contributed by atoms with Crippen molar-refractivity contribution < 1.29 is 0 Å². The van der Waals surface area contributed by atoms with Gasteiger partial charge in [0.2, 0.25) is 0 Å². The Bertz CT molecular complexity index is 345. The van der Waals surface area contributed by atoms with E-state index in [-0.39, 0.29) is 11.1 Å². The van der Waals surface area contributed by atoms with Crippen LogP contribution in [-0.4, -0.2) is 15.2 Å². The summed E-state index contributed by atoms with van der Waals surface area (Å²) in [6.07, 6.45) is 7.71. The van der Waals surface area contributed by atoms with E-state index in [1.807, 2.05) is 0 Å². The Morgan fingerprint density at radius 3 is 2.64 bits per heavy atom. The summed E-state index contributed by atoms with van der Waals surface area (Å²) in [4.78, 5) is 14.5. The monoisotopic (exact) mass is 193 g/mol. The SMILES string of the molecule is CC1(c2cnc(=O)[nH]n2)CCCCC1. The Morgan fingerprint density at radius 1 is 1.36 bits per heavy atom. The third-order valence-electron chi connectivity index (χ3n) is 3.15. The van der Waals surface area contributed by atoms with Gasteiger partial charge in [-0.15, -0.1) is 0 Å². The van der Waals surface area contributed by atoms with Crippen LogP contribution in [0.3, 0.4) is 0 Å². The summed E-state index contributed by atoms with van der Waals surface area (Å²) >= 11 is 0. The molecule has 0 unspecified atom stereocenters. The third kappa shape index (κ3) is 1.69. The summed E-state index contributed by atoms with van der Waals surface area (Å²) in [7, 11) is 0. The summed E-state index contributed by atoms with van der Waals surface area (Å²) in [5.74, 6) is 0. The van der Waals surface area contributed by atoms with Gasteiger partial charge in [0.15, 0.2) is 0 Å². The lowest BCUT2D eigenvalue weighted by molar-refractivity contribution is 0.308. The van der Waals surface area contributed by atoms with Gasteiger partial charge in [0, 0.05) is 5.41 Å². The fourth-order valence-corrected chi connectivity index (χ4v) is 2.16. The van der Waals surface area contributed by atoms with Crippen LogP contribution in [0.25, 0.3) is 0 Å². The molecule has 1 heterocycles. The first kappa shape index (κ1) is 9.37. The maximum absolute atomic E-state index is 10.8. The van der Waals surface area contributed by atoms with E-state index >= 15 is 0 Å². The van der Waals surface area contributed by atoms with Crippen LogP contribution in [0.15, 0.2) is 11.0 Å². The van der Waals surface area contributed by atoms with Gasteiger partial charge in [0.25, 0.3) is 0 Å². The second-order valence-electron chi connectivity index (χ2n) is 4.29. The quantitative estimate of drug-likeness (QED) is 0.733. The van der Waals surface area contributed by atoms with Gasteiger partial charge in [0.1, 0.15) is 0 Å². The molecule has 0 atom stereocenters. The van der Waals surface area contributed by atoms with E-state index in [0.717, 1.165) is 18.5 Å². The minimum absolute atomic E-state index is 0.120. The highest BCUT2D eigenvalue weighted by molar-refractivity contribution is 5.10. The zero-order valence-corrected chi connectivity index (χ0v) is 8.42. The summed E-state index contributed by atoms with van der Waals surface area (Å²) in [5, 5.41) is 6.48. The smallest absolute Gasteiger partial charge is 0.244 e. The van der Waals surface area contributed by atoms with Crippen LogP contribution in [0.1, 0.15) is 44.7 Å². The molecule has 14 heavy (non-hydrogen) atoms. The van der Waals surface area contributed by atoms with Gasteiger partial charge >= 0.3 is 5.69 Å². The van der Waals surface area contributed by atoms with Crippen LogP contribution in [0.5, 0.6) is 0 Å². The van der Waals surface area contributed by atoms with Crippen molar-refractivity contribution in [1.29, 1.82) is 0 Å². The van der Waals surface area contributed by atoms with Gasteiger partial charge in [-0.3, -0.25) is 0 Å². The van der Waals surface area contributed by atoms with Crippen molar-refractivity contribution in [2.24, 2.45) is 0 Å². The van der Waals surface area contributed by atoms with Gasteiger partial charge < -0.3 is 0 Å². The molecule has 4 heteroatoms.